The smallest absolute Gasteiger partial charge is 0.259 e. The number of nitrogens with one attached hydrogen (secondary N) is 3. The number of carbonyl (C=O) groups excluding carboxylic acids is 1. The van der Waals surface area contributed by atoms with E-state index in [0.29, 0.717) is 22.7 Å². The average Bonchev–Trinajstić information content (AvgIpc) is 2.79. The fourth-order valence-electron chi connectivity index (χ4n) is 3.53. The van der Waals surface area contributed by atoms with E-state index in [9.17, 15) is 9.59 Å². The van der Waals surface area contributed by atoms with Crippen LogP contribution in [0.2, 0.25) is 0 Å². The molecule has 0 atom stereocenters. The average molecular weight is 428 g/mol. The van der Waals surface area contributed by atoms with Gasteiger partial charge in [-0.05, 0) is 56.0 Å². The van der Waals surface area contributed by atoms with Crippen molar-refractivity contribution in [3.8, 4) is 11.3 Å². The minimum atomic E-state index is -0.666. The van der Waals surface area contributed by atoms with Crippen LogP contribution < -0.4 is 16.2 Å². The normalized spacial score (nSPS) is 11.4. The molecular formula is C24H24N6O2. The molecule has 0 aliphatic rings. The molecule has 0 saturated heterocycles. The van der Waals surface area contributed by atoms with Crippen LogP contribution in [0.5, 0.6) is 0 Å². The van der Waals surface area contributed by atoms with Gasteiger partial charge in [-0.15, -0.1) is 0 Å². The van der Waals surface area contributed by atoms with Gasteiger partial charge in [0.25, 0.3) is 5.56 Å². The minimum Gasteiger partial charge on any atom is -0.358 e. The van der Waals surface area contributed by atoms with Crippen molar-refractivity contribution in [2.24, 2.45) is 0 Å². The fraction of sp³-hybridized carbons (Fsp3) is 0.208. The van der Waals surface area contributed by atoms with Gasteiger partial charge in [0, 0.05) is 36.9 Å². The Bertz CT molecular complexity index is 1340. The van der Waals surface area contributed by atoms with E-state index in [1.54, 1.807) is 25.6 Å². The van der Waals surface area contributed by atoms with Crippen molar-refractivity contribution in [3.63, 3.8) is 0 Å². The third kappa shape index (κ3) is 3.94. The van der Waals surface area contributed by atoms with Gasteiger partial charge in [-0.3, -0.25) is 9.59 Å². The Morgan fingerprint density at radius 2 is 1.75 bits per heavy atom. The Hall–Kier alpha value is -4.07. The molecule has 3 heterocycles. The number of fused-ring (bicyclic) bond motifs is 1. The van der Waals surface area contributed by atoms with E-state index < -0.39 is 5.41 Å². The number of carbonyl (C=O) groups is 1. The standard InChI is InChI=1S/C24H24N6O2/c1-14-27-12-16(13-28-14)19-11-15-9-10-26-22(31)20(15)21(30-19)29-18-7-5-17(6-8-18)24(2,3)23(32)25-4/h5-13H,1-4H3,(H,25,32)(H,26,31)(H,29,30). The molecule has 0 aliphatic heterocycles. The summed E-state index contributed by atoms with van der Waals surface area (Å²) in [5, 5.41) is 7.16. The molecule has 0 saturated carbocycles. The Morgan fingerprint density at radius 1 is 1.06 bits per heavy atom. The highest BCUT2D eigenvalue weighted by molar-refractivity contribution is 5.95. The van der Waals surface area contributed by atoms with E-state index in [0.717, 1.165) is 22.2 Å². The Kier molecular flexibility index (Phi) is 5.44. The Labute approximate surface area is 185 Å². The predicted molar refractivity (Wildman–Crippen MR) is 125 cm³/mol. The topological polar surface area (TPSA) is 113 Å². The second-order valence-corrected chi connectivity index (χ2v) is 8.05. The molecule has 0 bridgehead atoms. The summed E-state index contributed by atoms with van der Waals surface area (Å²) in [5.74, 6) is 1.03. The summed E-state index contributed by atoms with van der Waals surface area (Å²) in [5.41, 5.74) is 2.13. The predicted octanol–water partition coefficient (Wildman–Crippen LogP) is 3.46. The highest BCUT2D eigenvalue weighted by Gasteiger charge is 2.28. The van der Waals surface area contributed by atoms with Crippen LogP contribution in [0.15, 0.2) is 59.8 Å². The van der Waals surface area contributed by atoms with Gasteiger partial charge in [-0.2, -0.15) is 0 Å². The van der Waals surface area contributed by atoms with E-state index in [1.165, 1.54) is 0 Å². The van der Waals surface area contributed by atoms with Crippen molar-refractivity contribution in [2.45, 2.75) is 26.2 Å². The number of likely N-dealkylation sites (N-methyl/N-ethyl adjacent to an activating group) is 1. The maximum absolute atomic E-state index is 12.6. The zero-order valence-electron chi connectivity index (χ0n) is 18.4. The lowest BCUT2D eigenvalue weighted by atomic mass is 9.83. The second-order valence-electron chi connectivity index (χ2n) is 8.05. The number of pyridine rings is 2. The summed E-state index contributed by atoms with van der Waals surface area (Å²) in [4.78, 5) is 40.7. The molecule has 1 aromatic carbocycles. The molecule has 3 N–H and O–H groups in total. The maximum atomic E-state index is 12.6. The first-order chi connectivity index (χ1) is 15.3. The van der Waals surface area contributed by atoms with Crippen molar-refractivity contribution in [3.05, 3.63) is 76.7 Å². The Morgan fingerprint density at radius 3 is 2.41 bits per heavy atom. The first kappa shape index (κ1) is 21.2. The zero-order chi connectivity index (χ0) is 22.9. The molecule has 0 fully saturated rings. The van der Waals surface area contributed by atoms with E-state index >= 15 is 0 Å². The summed E-state index contributed by atoms with van der Waals surface area (Å²) in [6.07, 6.45) is 5.03. The number of rotatable bonds is 5. The summed E-state index contributed by atoms with van der Waals surface area (Å²) < 4.78 is 0. The van der Waals surface area contributed by atoms with Gasteiger partial charge in [0.05, 0.1) is 16.5 Å². The molecule has 3 aromatic heterocycles. The molecule has 8 nitrogen and oxygen atoms in total. The zero-order valence-corrected chi connectivity index (χ0v) is 18.4. The highest BCUT2D eigenvalue weighted by atomic mass is 16.2. The number of anilines is 2. The van der Waals surface area contributed by atoms with Crippen LogP contribution in [0.4, 0.5) is 11.5 Å². The molecule has 0 spiro atoms. The monoisotopic (exact) mass is 428 g/mol. The first-order valence-corrected chi connectivity index (χ1v) is 10.2. The van der Waals surface area contributed by atoms with Gasteiger partial charge >= 0.3 is 0 Å². The van der Waals surface area contributed by atoms with Crippen LogP contribution in [0.3, 0.4) is 0 Å². The number of hydrogen-bond donors (Lipinski definition) is 3. The molecule has 162 valence electrons. The second kappa shape index (κ2) is 8.22. The molecule has 4 rings (SSSR count). The van der Waals surface area contributed by atoms with Crippen LogP contribution in [-0.2, 0) is 10.2 Å². The van der Waals surface area contributed by atoms with Crippen LogP contribution in [0.1, 0.15) is 25.2 Å². The number of H-pyrrole nitrogens is 1. The molecule has 0 radical (unpaired) electrons. The van der Waals surface area contributed by atoms with Crippen LogP contribution in [-0.4, -0.2) is 32.9 Å². The van der Waals surface area contributed by atoms with Crippen LogP contribution in [0, 0.1) is 6.92 Å². The van der Waals surface area contributed by atoms with Crippen molar-refractivity contribution < 1.29 is 4.79 Å². The number of aromatic amines is 1. The maximum Gasteiger partial charge on any atom is 0.259 e. The third-order valence-corrected chi connectivity index (χ3v) is 5.50. The van der Waals surface area contributed by atoms with E-state index in [4.69, 9.17) is 4.98 Å². The molecular weight excluding hydrogens is 404 g/mol. The SMILES string of the molecule is CNC(=O)C(C)(C)c1ccc(Nc2nc(-c3cnc(C)nc3)cc3cc[nH]c(=O)c23)cc1. The summed E-state index contributed by atoms with van der Waals surface area (Å²) in [7, 11) is 1.63. The summed E-state index contributed by atoms with van der Waals surface area (Å²) in [6.45, 7) is 5.56. The first-order valence-electron chi connectivity index (χ1n) is 10.2. The molecule has 0 aliphatic carbocycles. The van der Waals surface area contributed by atoms with Gasteiger partial charge in [0.15, 0.2) is 0 Å². The molecule has 4 aromatic rings. The molecule has 1 amide bonds. The van der Waals surface area contributed by atoms with Crippen molar-refractivity contribution in [1.82, 2.24) is 25.3 Å². The van der Waals surface area contributed by atoms with E-state index in [1.807, 2.05) is 57.2 Å². The lowest BCUT2D eigenvalue weighted by Crippen LogP contribution is -2.37. The number of amides is 1. The van der Waals surface area contributed by atoms with Gasteiger partial charge in [0.2, 0.25) is 5.91 Å². The number of aryl methyl sites for hydroxylation is 1. The quantitative estimate of drug-likeness (QED) is 0.449. The fourth-order valence-corrected chi connectivity index (χ4v) is 3.53. The molecule has 8 heteroatoms. The van der Waals surface area contributed by atoms with Crippen LogP contribution >= 0.6 is 0 Å². The van der Waals surface area contributed by atoms with Gasteiger partial charge < -0.3 is 15.6 Å². The lowest BCUT2D eigenvalue weighted by Gasteiger charge is -2.23. The number of nitrogens with zero attached hydrogens (tertiary/aromatic N) is 3. The Balaban J connectivity index is 1.76. The molecule has 32 heavy (non-hydrogen) atoms. The summed E-state index contributed by atoms with van der Waals surface area (Å²) >= 11 is 0. The molecule has 0 unspecified atom stereocenters. The van der Waals surface area contributed by atoms with Gasteiger partial charge in [-0.1, -0.05) is 12.1 Å². The van der Waals surface area contributed by atoms with Gasteiger partial charge in [-0.25, -0.2) is 15.0 Å². The van der Waals surface area contributed by atoms with Crippen molar-refractivity contribution >= 4 is 28.2 Å². The lowest BCUT2D eigenvalue weighted by molar-refractivity contribution is -0.125. The van der Waals surface area contributed by atoms with Gasteiger partial charge in [0.1, 0.15) is 11.6 Å². The number of benzene rings is 1. The van der Waals surface area contributed by atoms with E-state index in [2.05, 4.69) is 25.6 Å². The van der Waals surface area contributed by atoms with Crippen molar-refractivity contribution in [1.29, 1.82) is 0 Å². The largest absolute Gasteiger partial charge is 0.358 e. The summed E-state index contributed by atoms with van der Waals surface area (Å²) in [6, 6.07) is 11.2. The minimum absolute atomic E-state index is 0.0644. The van der Waals surface area contributed by atoms with Crippen molar-refractivity contribution in [2.75, 3.05) is 12.4 Å². The highest BCUT2D eigenvalue weighted by Crippen LogP contribution is 2.29. The third-order valence-electron chi connectivity index (χ3n) is 5.50. The van der Waals surface area contributed by atoms with E-state index in [-0.39, 0.29) is 11.5 Å². The number of aromatic nitrogens is 4. The number of hydrogen-bond acceptors (Lipinski definition) is 6. The van der Waals surface area contributed by atoms with Crippen LogP contribution in [0.25, 0.3) is 22.0 Å².